The number of carbonyl (C=O) groups is 1. The van der Waals surface area contributed by atoms with E-state index in [2.05, 4.69) is 4.98 Å². The molecule has 0 spiro atoms. The number of esters is 1. The number of ether oxygens (including phenoxy) is 2. The first-order chi connectivity index (χ1) is 11.5. The van der Waals surface area contributed by atoms with Crippen molar-refractivity contribution in [2.45, 2.75) is 37.1 Å². The number of benzene rings is 1. The second-order valence-corrected chi connectivity index (χ2v) is 5.72. The van der Waals surface area contributed by atoms with E-state index in [0.717, 1.165) is 16.5 Å². The Morgan fingerprint density at radius 3 is 2.67 bits per heavy atom. The number of hydrogen-bond donors (Lipinski definition) is 5. The van der Waals surface area contributed by atoms with Crippen molar-refractivity contribution in [3.8, 4) is 0 Å². The molecule has 1 aliphatic rings. The van der Waals surface area contributed by atoms with Crippen LogP contribution in [0.4, 0.5) is 0 Å². The number of aromatic nitrogens is 1. The summed E-state index contributed by atoms with van der Waals surface area (Å²) >= 11 is 0. The van der Waals surface area contributed by atoms with Gasteiger partial charge in [-0.1, -0.05) is 18.2 Å². The number of para-hydroxylation sites is 1. The number of carbonyl (C=O) groups excluding carboxylic acids is 1. The smallest absolute Gasteiger partial charge is 0.312 e. The Kier molecular flexibility index (Phi) is 4.83. The first-order valence-corrected chi connectivity index (χ1v) is 7.56. The molecule has 8 nitrogen and oxygen atoms in total. The third-order valence-corrected chi connectivity index (χ3v) is 4.11. The maximum Gasteiger partial charge on any atom is 0.312 e. The summed E-state index contributed by atoms with van der Waals surface area (Å²) in [6.45, 7) is -0.582. The average molecular weight is 337 g/mol. The van der Waals surface area contributed by atoms with E-state index in [4.69, 9.17) is 14.6 Å². The van der Waals surface area contributed by atoms with E-state index in [9.17, 15) is 20.1 Å². The second kappa shape index (κ2) is 6.88. The highest BCUT2D eigenvalue weighted by molar-refractivity contribution is 5.87. The zero-order chi connectivity index (χ0) is 17.3. The Morgan fingerprint density at radius 1 is 1.17 bits per heavy atom. The Balaban J connectivity index is 1.68. The summed E-state index contributed by atoms with van der Waals surface area (Å²) in [6, 6.07) is 7.46. The lowest BCUT2D eigenvalue weighted by atomic mass is 9.99. The number of H-pyrrole nitrogens is 1. The highest BCUT2D eigenvalue weighted by Crippen LogP contribution is 2.23. The van der Waals surface area contributed by atoms with Crippen LogP contribution in [0, 0.1) is 0 Å². The quantitative estimate of drug-likeness (QED) is 0.455. The van der Waals surface area contributed by atoms with Gasteiger partial charge in [0.2, 0.25) is 6.29 Å². The normalized spacial score (nSPS) is 30.4. The molecule has 1 aliphatic heterocycles. The molecule has 1 fully saturated rings. The lowest BCUT2D eigenvalue weighted by Crippen LogP contribution is -2.59. The van der Waals surface area contributed by atoms with Crippen molar-refractivity contribution >= 4 is 16.9 Å². The molecule has 0 amide bonds. The standard InChI is InChI=1S/C16H19NO7/c18-7-11-13(20)14(21)15(22)16(23-11)24-12(19)5-8-6-17-10-4-2-1-3-9(8)10/h1-4,6,11,13-18,20-22H,5,7H2. The van der Waals surface area contributed by atoms with Gasteiger partial charge in [-0.2, -0.15) is 0 Å². The zero-order valence-corrected chi connectivity index (χ0v) is 12.7. The molecule has 130 valence electrons. The maximum atomic E-state index is 12.1. The van der Waals surface area contributed by atoms with Gasteiger partial charge in [-0.15, -0.1) is 0 Å². The number of aliphatic hydroxyl groups excluding tert-OH is 4. The predicted molar refractivity (Wildman–Crippen MR) is 81.9 cm³/mol. The van der Waals surface area contributed by atoms with Crippen molar-refractivity contribution in [3.63, 3.8) is 0 Å². The molecule has 0 radical (unpaired) electrons. The Labute approximate surface area is 137 Å². The van der Waals surface area contributed by atoms with Crippen molar-refractivity contribution in [1.29, 1.82) is 0 Å². The van der Waals surface area contributed by atoms with E-state index in [1.807, 2.05) is 24.3 Å². The molecular formula is C16H19NO7. The number of aromatic amines is 1. The maximum absolute atomic E-state index is 12.1. The zero-order valence-electron chi connectivity index (χ0n) is 12.7. The van der Waals surface area contributed by atoms with E-state index in [1.54, 1.807) is 6.20 Å². The third-order valence-electron chi connectivity index (χ3n) is 4.11. The van der Waals surface area contributed by atoms with Gasteiger partial charge in [0.05, 0.1) is 13.0 Å². The minimum atomic E-state index is -1.60. The first-order valence-electron chi connectivity index (χ1n) is 7.56. The lowest BCUT2D eigenvalue weighted by Gasteiger charge is -2.39. The molecule has 8 heteroatoms. The monoisotopic (exact) mass is 337 g/mol. The van der Waals surface area contributed by atoms with Gasteiger partial charge in [-0.05, 0) is 11.6 Å². The summed E-state index contributed by atoms with van der Waals surface area (Å²) in [6.07, 6.45) is -5.62. The number of aliphatic hydroxyl groups is 4. The molecule has 0 bridgehead atoms. The predicted octanol–water partition coefficient (Wildman–Crippen LogP) is -0.947. The van der Waals surface area contributed by atoms with Crippen molar-refractivity contribution in [1.82, 2.24) is 4.98 Å². The van der Waals surface area contributed by atoms with E-state index in [1.165, 1.54) is 0 Å². The van der Waals surface area contributed by atoms with Crippen LogP contribution in [0.25, 0.3) is 10.9 Å². The van der Waals surface area contributed by atoms with Crippen LogP contribution >= 0.6 is 0 Å². The van der Waals surface area contributed by atoms with Crippen LogP contribution in [0.2, 0.25) is 0 Å². The van der Waals surface area contributed by atoms with E-state index < -0.39 is 43.3 Å². The minimum Gasteiger partial charge on any atom is -0.432 e. The number of nitrogens with one attached hydrogen (secondary N) is 1. The molecule has 2 aromatic rings. The van der Waals surface area contributed by atoms with Crippen LogP contribution < -0.4 is 0 Å². The fourth-order valence-electron chi connectivity index (χ4n) is 2.77. The van der Waals surface area contributed by atoms with Crippen LogP contribution in [0.5, 0.6) is 0 Å². The number of hydrogen-bond acceptors (Lipinski definition) is 7. The Bertz CT molecular complexity index is 713. The molecule has 1 aromatic carbocycles. The highest BCUT2D eigenvalue weighted by atomic mass is 16.7. The topological polar surface area (TPSA) is 132 Å². The largest absolute Gasteiger partial charge is 0.432 e. The highest BCUT2D eigenvalue weighted by Gasteiger charge is 2.45. The summed E-state index contributed by atoms with van der Waals surface area (Å²) in [4.78, 5) is 15.2. The molecule has 24 heavy (non-hydrogen) atoms. The third kappa shape index (κ3) is 3.14. The summed E-state index contributed by atoms with van der Waals surface area (Å²) in [7, 11) is 0. The van der Waals surface area contributed by atoms with Gasteiger partial charge in [0.1, 0.15) is 24.4 Å². The average Bonchev–Trinajstić information content (AvgIpc) is 2.98. The van der Waals surface area contributed by atoms with Crippen LogP contribution in [-0.2, 0) is 20.7 Å². The van der Waals surface area contributed by atoms with Crippen molar-refractivity contribution in [2.24, 2.45) is 0 Å². The van der Waals surface area contributed by atoms with E-state index in [0.29, 0.717) is 0 Å². The fraction of sp³-hybridized carbons (Fsp3) is 0.438. The molecule has 2 heterocycles. The molecule has 5 atom stereocenters. The van der Waals surface area contributed by atoms with Gasteiger partial charge in [-0.3, -0.25) is 4.79 Å². The van der Waals surface area contributed by atoms with Gasteiger partial charge >= 0.3 is 5.97 Å². The Morgan fingerprint density at radius 2 is 1.92 bits per heavy atom. The van der Waals surface area contributed by atoms with Crippen LogP contribution in [0.1, 0.15) is 5.56 Å². The van der Waals surface area contributed by atoms with Gasteiger partial charge < -0.3 is 34.9 Å². The van der Waals surface area contributed by atoms with Crippen LogP contribution in [0.3, 0.4) is 0 Å². The van der Waals surface area contributed by atoms with Gasteiger partial charge in [0.25, 0.3) is 0 Å². The SMILES string of the molecule is O=C(Cc1c[nH]c2ccccc12)OC1OC(CO)C(O)C(O)C1O. The first kappa shape index (κ1) is 16.9. The molecule has 0 saturated carbocycles. The van der Waals surface area contributed by atoms with E-state index in [-0.39, 0.29) is 6.42 Å². The molecule has 3 rings (SSSR count). The van der Waals surface area contributed by atoms with E-state index >= 15 is 0 Å². The summed E-state index contributed by atoms with van der Waals surface area (Å²) in [5, 5.41) is 39.3. The lowest BCUT2D eigenvalue weighted by molar-refractivity contribution is -0.292. The van der Waals surface area contributed by atoms with Gasteiger partial charge in [0, 0.05) is 17.1 Å². The molecule has 5 unspecified atom stereocenters. The fourth-order valence-corrected chi connectivity index (χ4v) is 2.77. The number of rotatable bonds is 4. The molecular weight excluding hydrogens is 318 g/mol. The van der Waals surface area contributed by atoms with Crippen LogP contribution in [0.15, 0.2) is 30.5 Å². The summed E-state index contributed by atoms with van der Waals surface area (Å²) < 4.78 is 10.2. The number of fused-ring (bicyclic) bond motifs is 1. The summed E-state index contributed by atoms with van der Waals surface area (Å²) in [5.41, 5.74) is 1.60. The molecule has 0 aliphatic carbocycles. The van der Waals surface area contributed by atoms with Crippen molar-refractivity contribution in [2.75, 3.05) is 6.61 Å². The molecule has 5 N–H and O–H groups in total. The van der Waals surface area contributed by atoms with Gasteiger partial charge in [0.15, 0.2) is 0 Å². The molecule has 1 aromatic heterocycles. The van der Waals surface area contributed by atoms with Gasteiger partial charge in [-0.25, -0.2) is 0 Å². The van der Waals surface area contributed by atoms with Crippen molar-refractivity contribution < 1.29 is 34.7 Å². The molecule has 1 saturated heterocycles. The van der Waals surface area contributed by atoms with Crippen LogP contribution in [-0.4, -0.2) is 68.7 Å². The second-order valence-electron chi connectivity index (χ2n) is 5.72. The minimum absolute atomic E-state index is 0.0565. The summed E-state index contributed by atoms with van der Waals surface area (Å²) in [5.74, 6) is -0.663. The van der Waals surface area contributed by atoms with Crippen molar-refractivity contribution in [3.05, 3.63) is 36.0 Å². The Hall–Kier alpha value is -1.97.